The molecule has 0 aliphatic heterocycles. The largest absolute Gasteiger partial charge is 0.472 e. The third kappa shape index (κ3) is 73.4. The molecule has 0 aromatic rings. The molecule has 0 saturated heterocycles. The van der Waals surface area contributed by atoms with Gasteiger partial charge >= 0.3 is 39.5 Å². The van der Waals surface area contributed by atoms with E-state index >= 15 is 0 Å². The molecule has 0 rings (SSSR count). The fraction of sp³-hybridized carbons (Fsp3) is 0.951. The summed E-state index contributed by atoms with van der Waals surface area (Å²) in [7, 11) is -9.92. The first-order valence-electron chi connectivity index (χ1n) is 42.6. The lowest BCUT2D eigenvalue weighted by Gasteiger charge is -2.21. The number of aliphatic hydroxyl groups excluding tert-OH is 1. The normalized spacial score (nSPS) is 14.4. The highest BCUT2D eigenvalue weighted by Crippen LogP contribution is 2.45. The van der Waals surface area contributed by atoms with E-state index in [1.54, 1.807) is 0 Å². The molecule has 3 N–H and O–H groups in total. The van der Waals surface area contributed by atoms with Crippen molar-refractivity contribution in [2.24, 2.45) is 11.8 Å². The maximum absolute atomic E-state index is 13.1. The van der Waals surface area contributed by atoms with Crippen LogP contribution in [0.15, 0.2) is 0 Å². The molecule has 0 aliphatic carbocycles. The molecule has 600 valence electrons. The number of ether oxygens (including phenoxy) is 4. The van der Waals surface area contributed by atoms with E-state index < -0.39 is 97.5 Å². The van der Waals surface area contributed by atoms with Gasteiger partial charge in [-0.25, -0.2) is 9.13 Å². The zero-order chi connectivity index (χ0) is 74.2. The second-order valence-corrected chi connectivity index (χ2v) is 32.9. The summed E-state index contributed by atoms with van der Waals surface area (Å²) in [5.74, 6) is -0.388. The Morgan fingerprint density at radius 1 is 0.277 bits per heavy atom. The molecule has 0 spiro atoms. The number of rotatable bonds is 81. The maximum Gasteiger partial charge on any atom is 0.472 e. The van der Waals surface area contributed by atoms with Crippen LogP contribution in [0.2, 0.25) is 0 Å². The molecule has 7 atom stereocenters. The first-order valence-corrected chi connectivity index (χ1v) is 45.6. The van der Waals surface area contributed by atoms with E-state index in [9.17, 15) is 43.2 Å². The fourth-order valence-corrected chi connectivity index (χ4v) is 14.2. The molecule has 0 heterocycles. The van der Waals surface area contributed by atoms with Gasteiger partial charge in [0.15, 0.2) is 12.2 Å². The van der Waals surface area contributed by atoms with Crippen LogP contribution in [-0.4, -0.2) is 96.7 Å². The van der Waals surface area contributed by atoms with Crippen LogP contribution < -0.4 is 0 Å². The van der Waals surface area contributed by atoms with E-state index in [-0.39, 0.29) is 25.7 Å². The molecule has 0 aliphatic rings. The summed E-state index contributed by atoms with van der Waals surface area (Å²) >= 11 is 0. The Morgan fingerprint density at radius 2 is 0.475 bits per heavy atom. The molecule has 0 radical (unpaired) electrons. The van der Waals surface area contributed by atoms with Gasteiger partial charge in [0.1, 0.15) is 19.3 Å². The molecule has 0 saturated carbocycles. The maximum atomic E-state index is 13.1. The standard InChI is InChI=1S/C82H160O17P2/c1-7-11-13-15-17-19-20-29-37-42-48-54-60-66-81(86)98-77(70-92-79(84)64-58-52-46-18-16-14-12-8-2)72-96-100(88,89)94-68-76(83)69-95-101(90,91)97-73-78(71-93-80(85)65-59-53-47-41-36-32-28-27-31-35-40-45-51-57-63-75(6)10-4)99-82(87)67-61-55-49-43-38-33-26-24-22-21-23-25-30-34-39-44-50-56-62-74(5)9-3/h74-78,83H,7-73H2,1-6H3,(H,88,89)(H,90,91)/t74?,75?,76-,77+,78+/m0/s1. The van der Waals surface area contributed by atoms with E-state index in [0.29, 0.717) is 25.7 Å². The van der Waals surface area contributed by atoms with Crippen LogP contribution in [0.1, 0.15) is 433 Å². The predicted molar refractivity (Wildman–Crippen MR) is 414 cm³/mol. The summed E-state index contributed by atoms with van der Waals surface area (Å²) in [6, 6.07) is 0. The Morgan fingerprint density at radius 3 is 0.703 bits per heavy atom. The third-order valence-electron chi connectivity index (χ3n) is 19.9. The average Bonchev–Trinajstić information content (AvgIpc) is 1.14. The highest BCUT2D eigenvalue weighted by Gasteiger charge is 2.30. The molecular formula is C82H160O17P2. The Labute approximate surface area is 619 Å². The van der Waals surface area contributed by atoms with E-state index in [1.807, 2.05) is 0 Å². The first kappa shape index (κ1) is 99.1. The lowest BCUT2D eigenvalue weighted by molar-refractivity contribution is -0.161. The van der Waals surface area contributed by atoms with Gasteiger partial charge in [0.2, 0.25) is 0 Å². The van der Waals surface area contributed by atoms with Crippen molar-refractivity contribution in [3.63, 3.8) is 0 Å². The minimum absolute atomic E-state index is 0.108. The monoisotopic (exact) mass is 1480 g/mol. The lowest BCUT2D eigenvalue weighted by Crippen LogP contribution is -2.30. The second kappa shape index (κ2) is 73.6. The molecule has 0 aromatic carbocycles. The topological polar surface area (TPSA) is 237 Å². The van der Waals surface area contributed by atoms with Gasteiger partial charge in [0.25, 0.3) is 0 Å². The van der Waals surface area contributed by atoms with Crippen LogP contribution >= 0.6 is 15.6 Å². The molecule has 17 nitrogen and oxygen atoms in total. The second-order valence-electron chi connectivity index (χ2n) is 30.0. The predicted octanol–water partition coefficient (Wildman–Crippen LogP) is 24.7. The van der Waals surface area contributed by atoms with Crippen LogP contribution in [0.4, 0.5) is 0 Å². The number of phosphoric ester groups is 2. The average molecular weight is 1480 g/mol. The summed E-state index contributed by atoms with van der Waals surface area (Å²) in [6.07, 6.45) is 63.8. The van der Waals surface area contributed by atoms with Gasteiger partial charge in [-0.05, 0) is 37.5 Å². The van der Waals surface area contributed by atoms with E-state index in [4.69, 9.17) is 37.0 Å². The van der Waals surface area contributed by atoms with Crippen molar-refractivity contribution >= 4 is 39.5 Å². The summed E-state index contributed by atoms with van der Waals surface area (Å²) in [5.41, 5.74) is 0. The SMILES string of the molecule is CCCCCCCCCCCCCCCC(=O)O[C@H](COC(=O)CCCCCCCCCC)COP(=O)(O)OC[C@H](O)COP(=O)(O)OC[C@@H](COC(=O)CCCCCCCCCCCCCCCCC(C)CC)OC(=O)CCCCCCCCCCCCCCCCCCCCC(C)CC. The van der Waals surface area contributed by atoms with E-state index in [0.717, 1.165) is 108 Å². The van der Waals surface area contributed by atoms with Crippen molar-refractivity contribution in [3.05, 3.63) is 0 Å². The number of unbranched alkanes of at least 4 members (excludes halogenated alkanes) is 49. The minimum atomic E-state index is -4.96. The molecule has 0 aromatic heterocycles. The van der Waals surface area contributed by atoms with Crippen molar-refractivity contribution in [1.29, 1.82) is 0 Å². The van der Waals surface area contributed by atoms with E-state index in [1.165, 1.54) is 244 Å². The van der Waals surface area contributed by atoms with Gasteiger partial charge in [0.05, 0.1) is 26.4 Å². The highest BCUT2D eigenvalue weighted by atomic mass is 31.2. The third-order valence-corrected chi connectivity index (χ3v) is 21.8. The van der Waals surface area contributed by atoms with Crippen molar-refractivity contribution in [2.45, 2.75) is 452 Å². The van der Waals surface area contributed by atoms with E-state index in [2.05, 4.69) is 41.5 Å². The Bertz CT molecular complexity index is 1950. The van der Waals surface area contributed by atoms with Crippen molar-refractivity contribution in [1.82, 2.24) is 0 Å². The minimum Gasteiger partial charge on any atom is -0.462 e. The Hall–Kier alpha value is -1.94. The summed E-state index contributed by atoms with van der Waals surface area (Å²) in [4.78, 5) is 72.9. The van der Waals surface area contributed by atoms with Gasteiger partial charge in [0, 0.05) is 25.7 Å². The number of hydrogen-bond acceptors (Lipinski definition) is 15. The molecular weight excluding hydrogens is 1320 g/mol. The molecule has 4 unspecified atom stereocenters. The zero-order valence-corrected chi connectivity index (χ0v) is 68.0. The molecule has 101 heavy (non-hydrogen) atoms. The van der Waals surface area contributed by atoms with Crippen LogP contribution in [0, 0.1) is 11.8 Å². The quantitative estimate of drug-likeness (QED) is 0.0222. The van der Waals surface area contributed by atoms with Crippen LogP contribution in [-0.2, 0) is 65.4 Å². The zero-order valence-electron chi connectivity index (χ0n) is 66.2. The Balaban J connectivity index is 5.19. The van der Waals surface area contributed by atoms with Crippen LogP contribution in [0.5, 0.6) is 0 Å². The fourth-order valence-electron chi connectivity index (χ4n) is 12.6. The van der Waals surface area contributed by atoms with Crippen molar-refractivity contribution < 1.29 is 80.2 Å². The number of esters is 4. The van der Waals surface area contributed by atoms with Gasteiger partial charge in [-0.3, -0.25) is 37.3 Å². The highest BCUT2D eigenvalue weighted by molar-refractivity contribution is 7.47. The number of aliphatic hydroxyl groups is 1. The number of hydrogen-bond donors (Lipinski definition) is 3. The Kier molecular flexibility index (Phi) is 72.2. The van der Waals surface area contributed by atoms with Gasteiger partial charge in [-0.1, -0.05) is 382 Å². The van der Waals surface area contributed by atoms with Gasteiger partial charge in [-0.2, -0.15) is 0 Å². The van der Waals surface area contributed by atoms with Gasteiger partial charge in [-0.15, -0.1) is 0 Å². The van der Waals surface area contributed by atoms with Crippen molar-refractivity contribution in [2.75, 3.05) is 39.6 Å². The molecule has 0 amide bonds. The summed E-state index contributed by atoms with van der Waals surface area (Å²) < 4.78 is 68.7. The summed E-state index contributed by atoms with van der Waals surface area (Å²) in [6.45, 7) is 9.74. The van der Waals surface area contributed by atoms with Crippen LogP contribution in [0.25, 0.3) is 0 Å². The summed E-state index contributed by atoms with van der Waals surface area (Å²) in [5, 5.41) is 10.6. The smallest absolute Gasteiger partial charge is 0.462 e. The molecule has 0 fully saturated rings. The number of phosphoric acid groups is 2. The first-order chi connectivity index (χ1) is 48.9. The van der Waals surface area contributed by atoms with Crippen LogP contribution in [0.3, 0.4) is 0 Å². The number of carbonyl (C=O) groups is 4. The molecule has 0 bridgehead atoms. The van der Waals surface area contributed by atoms with Gasteiger partial charge < -0.3 is 33.8 Å². The lowest BCUT2D eigenvalue weighted by atomic mass is 9.99. The van der Waals surface area contributed by atoms with Crippen molar-refractivity contribution in [3.8, 4) is 0 Å². The molecule has 19 heteroatoms. The number of carbonyl (C=O) groups excluding carboxylic acids is 4.